The average Bonchev–Trinajstić information content (AvgIpc) is 2.13. The van der Waals surface area contributed by atoms with Gasteiger partial charge in [0, 0.05) is 11.6 Å². The maximum absolute atomic E-state index is 13.3. The van der Waals surface area contributed by atoms with E-state index in [-0.39, 0.29) is 5.56 Å². The Bertz CT molecular complexity index is 398. The number of aliphatic carboxylic acids is 1. The molecule has 0 saturated heterocycles. The van der Waals surface area contributed by atoms with Gasteiger partial charge in [0.1, 0.15) is 16.7 Å². The number of carboxylic acids is 1. The summed E-state index contributed by atoms with van der Waals surface area (Å²) in [6.45, 7) is 0. The molecule has 0 saturated carbocycles. The SMILES string of the molecule is N[C@H](CC(=O)O)c1ccc(F)c(Cl)c1F. The molecule has 0 aliphatic rings. The van der Waals surface area contributed by atoms with E-state index < -0.39 is 35.1 Å². The lowest BCUT2D eigenvalue weighted by atomic mass is 10.0. The van der Waals surface area contributed by atoms with Gasteiger partial charge in [-0.3, -0.25) is 4.79 Å². The van der Waals surface area contributed by atoms with Crippen molar-refractivity contribution in [1.29, 1.82) is 0 Å². The van der Waals surface area contributed by atoms with Crippen molar-refractivity contribution >= 4 is 17.6 Å². The zero-order valence-electron chi connectivity index (χ0n) is 7.51. The van der Waals surface area contributed by atoms with Crippen LogP contribution in [-0.2, 0) is 4.79 Å². The van der Waals surface area contributed by atoms with Crippen molar-refractivity contribution in [2.24, 2.45) is 5.73 Å². The molecule has 0 aliphatic heterocycles. The molecule has 0 aliphatic carbocycles. The summed E-state index contributed by atoms with van der Waals surface area (Å²) in [5, 5.41) is 7.78. The fourth-order valence-corrected chi connectivity index (χ4v) is 1.30. The van der Waals surface area contributed by atoms with Crippen LogP contribution in [0.15, 0.2) is 12.1 Å². The van der Waals surface area contributed by atoms with Crippen molar-refractivity contribution in [3.05, 3.63) is 34.4 Å². The van der Waals surface area contributed by atoms with Gasteiger partial charge in [-0.15, -0.1) is 0 Å². The van der Waals surface area contributed by atoms with Crippen LogP contribution in [-0.4, -0.2) is 11.1 Å². The molecule has 82 valence electrons. The first kappa shape index (κ1) is 11.9. The van der Waals surface area contributed by atoms with Gasteiger partial charge < -0.3 is 10.8 Å². The summed E-state index contributed by atoms with van der Waals surface area (Å²) >= 11 is 5.31. The van der Waals surface area contributed by atoms with E-state index in [1.54, 1.807) is 0 Å². The van der Waals surface area contributed by atoms with E-state index in [0.29, 0.717) is 0 Å². The summed E-state index contributed by atoms with van der Waals surface area (Å²) in [5.41, 5.74) is 5.31. The standard InChI is InChI=1S/C9H8ClF2NO2/c10-8-5(11)2-1-4(9(8)12)6(13)3-7(14)15/h1-2,6H,3,13H2,(H,14,15)/t6-/m1/s1. The lowest BCUT2D eigenvalue weighted by Gasteiger charge is -2.11. The van der Waals surface area contributed by atoms with Gasteiger partial charge in [0.15, 0.2) is 0 Å². The van der Waals surface area contributed by atoms with E-state index in [0.717, 1.165) is 12.1 Å². The molecule has 0 unspecified atom stereocenters. The molecule has 15 heavy (non-hydrogen) atoms. The third-order valence-electron chi connectivity index (χ3n) is 1.86. The smallest absolute Gasteiger partial charge is 0.305 e. The normalized spacial score (nSPS) is 12.5. The summed E-state index contributed by atoms with van der Waals surface area (Å²) in [6, 6.07) is 0.993. The Kier molecular flexibility index (Phi) is 3.60. The summed E-state index contributed by atoms with van der Waals surface area (Å²) in [4.78, 5) is 10.3. The first-order valence-electron chi connectivity index (χ1n) is 4.04. The fourth-order valence-electron chi connectivity index (χ4n) is 1.13. The molecule has 3 nitrogen and oxygen atoms in total. The van der Waals surface area contributed by atoms with Gasteiger partial charge in [0.25, 0.3) is 0 Å². The first-order chi connectivity index (χ1) is 6.93. The van der Waals surface area contributed by atoms with E-state index in [4.69, 9.17) is 22.4 Å². The summed E-state index contributed by atoms with van der Waals surface area (Å²) in [6.07, 6.45) is -0.446. The fraction of sp³-hybridized carbons (Fsp3) is 0.222. The highest BCUT2D eigenvalue weighted by atomic mass is 35.5. The molecular formula is C9H8ClF2NO2. The third-order valence-corrected chi connectivity index (χ3v) is 2.21. The molecule has 1 aromatic carbocycles. The van der Waals surface area contributed by atoms with Gasteiger partial charge in [0.05, 0.1) is 6.42 Å². The van der Waals surface area contributed by atoms with Crippen LogP contribution in [0.3, 0.4) is 0 Å². The van der Waals surface area contributed by atoms with Gasteiger partial charge in [0.2, 0.25) is 0 Å². The van der Waals surface area contributed by atoms with Gasteiger partial charge in [-0.2, -0.15) is 0 Å². The lowest BCUT2D eigenvalue weighted by Crippen LogP contribution is -2.16. The highest BCUT2D eigenvalue weighted by molar-refractivity contribution is 6.30. The largest absolute Gasteiger partial charge is 0.481 e. The minimum Gasteiger partial charge on any atom is -0.481 e. The summed E-state index contributed by atoms with van der Waals surface area (Å²) < 4.78 is 26.1. The number of benzene rings is 1. The minimum absolute atomic E-state index is 0.108. The molecule has 3 N–H and O–H groups in total. The summed E-state index contributed by atoms with van der Waals surface area (Å²) in [7, 11) is 0. The molecule has 0 spiro atoms. The molecule has 0 radical (unpaired) electrons. The van der Waals surface area contributed by atoms with Crippen LogP contribution in [0, 0.1) is 11.6 Å². The molecular weight excluding hydrogens is 228 g/mol. The molecule has 1 aromatic rings. The number of hydrogen-bond acceptors (Lipinski definition) is 2. The number of halogens is 3. The van der Waals surface area contributed by atoms with Crippen LogP contribution in [0.4, 0.5) is 8.78 Å². The van der Waals surface area contributed by atoms with E-state index in [9.17, 15) is 13.6 Å². The van der Waals surface area contributed by atoms with Crippen molar-refractivity contribution < 1.29 is 18.7 Å². The summed E-state index contributed by atoms with van der Waals surface area (Å²) in [5.74, 6) is -3.08. The first-order valence-corrected chi connectivity index (χ1v) is 4.42. The molecule has 1 atom stereocenters. The van der Waals surface area contributed by atoms with E-state index >= 15 is 0 Å². The van der Waals surface area contributed by atoms with Crippen molar-refractivity contribution in [2.45, 2.75) is 12.5 Å². The Balaban J connectivity index is 3.05. The Hall–Kier alpha value is -1.20. The van der Waals surface area contributed by atoms with Gasteiger partial charge >= 0.3 is 5.97 Å². The van der Waals surface area contributed by atoms with Crippen LogP contribution in [0.5, 0.6) is 0 Å². The van der Waals surface area contributed by atoms with Crippen LogP contribution >= 0.6 is 11.6 Å². The van der Waals surface area contributed by atoms with Crippen LogP contribution in [0.1, 0.15) is 18.0 Å². The van der Waals surface area contributed by atoms with Crippen LogP contribution < -0.4 is 5.73 Å². The molecule has 0 bridgehead atoms. The van der Waals surface area contributed by atoms with Crippen molar-refractivity contribution in [3.8, 4) is 0 Å². The lowest BCUT2D eigenvalue weighted by molar-refractivity contribution is -0.137. The van der Waals surface area contributed by atoms with Crippen LogP contribution in [0.2, 0.25) is 5.02 Å². The topological polar surface area (TPSA) is 63.3 Å². The van der Waals surface area contributed by atoms with Crippen molar-refractivity contribution in [1.82, 2.24) is 0 Å². The Labute approximate surface area is 89.5 Å². The Morgan fingerprint density at radius 1 is 1.53 bits per heavy atom. The number of nitrogens with two attached hydrogens (primary N) is 1. The number of carboxylic acid groups (broad SMARTS) is 1. The van der Waals surface area contributed by atoms with E-state index in [1.165, 1.54) is 0 Å². The zero-order valence-corrected chi connectivity index (χ0v) is 8.26. The molecule has 0 amide bonds. The van der Waals surface area contributed by atoms with E-state index in [1.807, 2.05) is 0 Å². The monoisotopic (exact) mass is 235 g/mol. The molecule has 0 aromatic heterocycles. The number of rotatable bonds is 3. The number of carbonyl (C=O) groups is 1. The maximum atomic E-state index is 13.3. The van der Waals surface area contributed by atoms with Gasteiger partial charge in [-0.25, -0.2) is 8.78 Å². The second kappa shape index (κ2) is 4.55. The third kappa shape index (κ3) is 2.64. The van der Waals surface area contributed by atoms with Gasteiger partial charge in [-0.1, -0.05) is 17.7 Å². The second-order valence-electron chi connectivity index (χ2n) is 2.97. The molecule has 0 fully saturated rings. The molecule has 1 rings (SSSR count). The average molecular weight is 236 g/mol. The van der Waals surface area contributed by atoms with Gasteiger partial charge in [-0.05, 0) is 6.07 Å². The Morgan fingerprint density at radius 2 is 2.13 bits per heavy atom. The zero-order chi connectivity index (χ0) is 11.6. The van der Waals surface area contributed by atoms with Crippen LogP contribution in [0.25, 0.3) is 0 Å². The highest BCUT2D eigenvalue weighted by Crippen LogP contribution is 2.26. The second-order valence-corrected chi connectivity index (χ2v) is 3.35. The number of hydrogen-bond donors (Lipinski definition) is 2. The highest BCUT2D eigenvalue weighted by Gasteiger charge is 2.18. The molecule has 6 heteroatoms. The Morgan fingerprint density at radius 3 is 2.67 bits per heavy atom. The quantitative estimate of drug-likeness (QED) is 0.789. The predicted molar refractivity (Wildman–Crippen MR) is 50.5 cm³/mol. The van der Waals surface area contributed by atoms with E-state index in [2.05, 4.69) is 0 Å². The van der Waals surface area contributed by atoms with Crippen molar-refractivity contribution in [2.75, 3.05) is 0 Å². The molecule has 0 heterocycles. The minimum atomic E-state index is -1.16. The maximum Gasteiger partial charge on any atom is 0.305 e. The van der Waals surface area contributed by atoms with Crippen molar-refractivity contribution in [3.63, 3.8) is 0 Å². The predicted octanol–water partition coefficient (Wildman–Crippen LogP) is 2.09.